The van der Waals surface area contributed by atoms with E-state index in [0.717, 1.165) is 5.56 Å². The van der Waals surface area contributed by atoms with Crippen LogP contribution in [0.2, 0.25) is 10.0 Å². The van der Waals surface area contributed by atoms with Crippen LogP contribution in [0.1, 0.15) is 28.4 Å². The number of hydrogen-bond acceptors (Lipinski definition) is 4. The highest BCUT2D eigenvalue weighted by molar-refractivity contribution is 6.32. The lowest BCUT2D eigenvalue weighted by atomic mass is 10.1. The van der Waals surface area contributed by atoms with Crippen molar-refractivity contribution in [2.75, 3.05) is 6.61 Å². The van der Waals surface area contributed by atoms with E-state index in [2.05, 4.69) is 5.32 Å². The van der Waals surface area contributed by atoms with Crippen LogP contribution in [-0.4, -0.2) is 23.6 Å². The predicted molar refractivity (Wildman–Crippen MR) is 128 cm³/mol. The highest BCUT2D eigenvalue weighted by Gasteiger charge is 2.16. The van der Waals surface area contributed by atoms with E-state index in [4.69, 9.17) is 32.7 Å². The number of carboxylic acids is 1. The molecule has 3 aromatic carbocycles. The number of rotatable bonds is 9. The fourth-order valence-corrected chi connectivity index (χ4v) is 3.45. The topological polar surface area (TPSA) is 84.9 Å². The van der Waals surface area contributed by atoms with Crippen molar-refractivity contribution in [3.05, 3.63) is 99.2 Å². The van der Waals surface area contributed by atoms with E-state index in [1.54, 1.807) is 55.5 Å². The van der Waals surface area contributed by atoms with Gasteiger partial charge in [0.25, 0.3) is 5.91 Å². The van der Waals surface area contributed by atoms with Gasteiger partial charge in [-0.3, -0.25) is 4.79 Å². The lowest BCUT2D eigenvalue weighted by Gasteiger charge is -2.15. The smallest absolute Gasteiger partial charge is 0.352 e. The van der Waals surface area contributed by atoms with Crippen LogP contribution in [0.3, 0.4) is 0 Å². The molecule has 0 aliphatic rings. The fraction of sp³-hybridized carbons (Fsp3) is 0.120. The van der Waals surface area contributed by atoms with E-state index in [1.807, 2.05) is 12.1 Å². The van der Waals surface area contributed by atoms with Crippen LogP contribution in [0.15, 0.2) is 72.4 Å². The third kappa shape index (κ3) is 6.75. The van der Waals surface area contributed by atoms with Crippen molar-refractivity contribution in [3.8, 4) is 11.5 Å². The summed E-state index contributed by atoms with van der Waals surface area (Å²) in [6.07, 6.45) is 1.30. The van der Waals surface area contributed by atoms with Crippen molar-refractivity contribution in [1.82, 2.24) is 5.32 Å². The Balaban J connectivity index is 1.87. The van der Waals surface area contributed by atoms with Crippen LogP contribution in [0.4, 0.5) is 0 Å². The number of nitrogens with one attached hydrogen (secondary N) is 1. The molecule has 170 valence electrons. The van der Waals surface area contributed by atoms with E-state index in [-0.39, 0.29) is 17.3 Å². The molecule has 6 nitrogen and oxygen atoms in total. The largest absolute Gasteiger partial charge is 0.490 e. The number of carboxylic acid groups (broad SMARTS) is 1. The first-order chi connectivity index (χ1) is 15.9. The molecule has 0 atom stereocenters. The Bertz CT molecular complexity index is 1180. The number of carbonyl (C=O) groups is 2. The van der Waals surface area contributed by atoms with E-state index in [9.17, 15) is 14.7 Å². The normalized spacial score (nSPS) is 11.1. The van der Waals surface area contributed by atoms with Crippen molar-refractivity contribution in [3.63, 3.8) is 0 Å². The number of carbonyl (C=O) groups excluding carboxylic acids is 1. The Morgan fingerprint density at radius 3 is 2.42 bits per heavy atom. The Morgan fingerprint density at radius 1 is 1.00 bits per heavy atom. The SMILES string of the molecule is CCOc1cc(/C=C(/NC(=O)c2ccccc2)C(=O)O)cc(Cl)c1OCc1cccc(Cl)c1. The quantitative estimate of drug-likeness (QED) is 0.372. The minimum absolute atomic E-state index is 0.211. The second kappa shape index (κ2) is 11.4. The maximum absolute atomic E-state index is 12.4. The molecule has 0 fully saturated rings. The van der Waals surface area contributed by atoms with Crippen LogP contribution in [-0.2, 0) is 11.4 Å². The maximum Gasteiger partial charge on any atom is 0.352 e. The van der Waals surface area contributed by atoms with E-state index in [1.165, 1.54) is 12.1 Å². The molecule has 0 aliphatic heterocycles. The van der Waals surface area contributed by atoms with E-state index in [0.29, 0.717) is 34.3 Å². The molecule has 1 amide bonds. The van der Waals surface area contributed by atoms with Crippen LogP contribution in [0, 0.1) is 0 Å². The van der Waals surface area contributed by atoms with Gasteiger partial charge in [0.15, 0.2) is 11.5 Å². The van der Waals surface area contributed by atoms with Crippen molar-refractivity contribution in [1.29, 1.82) is 0 Å². The molecule has 8 heteroatoms. The average Bonchev–Trinajstić information content (AvgIpc) is 2.79. The van der Waals surface area contributed by atoms with Gasteiger partial charge >= 0.3 is 5.97 Å². The summed E-state index contributed by atoms with van der Waals surface area (Å²) in [6, 6.07) is 18.7. The molecule has 0 spiro atoms. The molecule has 0 aromatic heterocycles. The average molecular weight is 486 g/mol. The second-order valence-corrected chi connectivity index (χ2v) is 7.71. The van der Waals surface area contributed by atoms with Crippen LogP contribution < -0.4 is 14.8 Å². The number of amides is 1. The molecule has 0 saturated heterocycles. The molecule has 33 heavy (non-hydrogen) atoms. The van der Waals surface area contributed by atoms with Gasteiger partial charge in [0.1, 0.15) is 12.3 Å². The molecule has 3 rings (SSSR count). The second-order valence-electron chi connectivity index (χ2n) is 6.86. The number of hydrogen-bond donors (Lipinski definition) is 2. The minimum Gasteiger partial charge on any atom is -0.490 e. The molecule has 3 aromatic rings. The summed E-state index contributed by atoms with van der Waals surface area (Å²) < 4.78 is 11.5. The van der Waals surface area contributed by atoms with Gasteiger partial charge in [-0.25, -0.2) is 4.79 Å². The molecule has 0 radical (unpaired) electrons. The van der Waals surface area contributed by atoms with Gasteiger partial charge in [0.05, 0.1) is 11.6 Å². The van der Waals surface area contributed by atoms with Crippen LogP contribution in [0.25, 0.3) is 6.08 Å². The molecule has 0 unspecified atom stereocenters. The summed E-state index contributed by atoms with van der Waals surface area (Å²) in [7, 11) is 0. The van der Waals surface area contributed by atoms with Crippen LogP contribution in [0.5, 0.6) is 11.5 Å². The van der Waals surface area contributed by atoms with Gasteiger partial charge in [-0.15, -0.1) is 0 Å². The lowest BCUT2D eigenvalue weighted by Crippen LogP contribution is -2.27. The molecule has 0 aliphatic carbocycles. The van der Waals surface area contributed by atoms with Gasteiger partial charge in [-0.1, -0.05) is 53.5 Å². The Labute approximate surface area is 201 Å². The van der Waals surface area contributed by atoms with Gasteiger partial charge in [-0.05, 0) is 60.5 Å². The molecular formula is C25H21Cl2NO5. The zero-order chi connectivity index (χ0) is 23.8. The summed E-state index contributed by atoms with van der Waals surface area (Å²) in [5, 5.41) is 12.8. The number of benzene rings is 3. The first-order valence-corrected chi connectivity index (χ1v) is 10.8. The summed E-state index contributed by atoms with van der Waals surface area (Å²) >= 11 is 12.5. The summed E-state index contributed by atoms with van der Waals surface area (Å²) in [6.45, 7) is 2.36. The number of ether oxygens (including phenoxy) is 2. The standard InChI is InChI=1S/C25H21Cl2NO5/c1-2-32-22-14-17(12-20(27)23(22)33-15-16-7-6-10-19(26)11-16)13-21(25(30)31)28-24(29)18-8-4-3-5-9-18/h3-14H,2,15H2,1H3,(H,28,29)(H,30,31)/b21-13+. The van der Waals surface area contributed by atoms with Crippen molar-refractivity contribution < 1.29 is 24.2 Å². The maximum atomic E-state index is 12.4. The Kier molecular flexibility index (Phi) is 8.35. The highest BCUT2D eigenvalue weighted by atomic mass is 35.5. The van der Waals surface area contributed by atoms with Crippen molar-refractivity contribution >= 4 is 41.2 Å². The molecule has 0 heterocycles. The van der Waals surface area contributed by atoms with Gasteiger partial charge in [-0.2, -0.15) is 0 Å². The predicted octanol–water partition coefficient (Wildman–Crippen LogP) is 5.83. The zero-order valence-electron chi connectivity index (χ0n) is 17.7. The number of halogens is 2. The van der Waals surface area contributed by atoms with Crippen molar-refractivity contribution in [2.24, 2.45) is 0 Å². The minimum atomic E-state index is -1.30. The fourth-order valence-electron chi connectivity index (χ4n) is 2.96. The molecule has 0 saturated carbocycles. The monoisotopic (exact) mass is 485 g/mol. The van der Waals surface area contributed by atoms with Gasteiger partial charge in [0, 0.05) is 10.6 Å². The van der Waals surface area contributed by atoms with E-state index < -0.39 is 11.9 Å². The molecular weight excluding hydrogens is 465 g/mol. The highest BCUT2D eigenvalue weighted by Crippen LogP contribution is 2.38. The Morgan fingerprint density at radius 2 is 1.76 bits per heavy atom. The zero-order valence-corrected chi connectivity index (χ0v) is 19.2. The first kappa shape index (κ1) is 24.2. The molecule has 2 N–H and O–H groups in total. The third-order valence-electron chi connectivity index (χ3n) is 4.43. The summed E-state index contributed by atoms with van der Waals surface area (Å²) in [5.41, 5.74) is 1.29. The lowest BCUT2D eigenvalue weighted by molar-refractivity contribution is -0.132. The molecule has 0 bridgehead atoms. The summed E-state index contributed by atoms with van der Waals surface area (Å²) in [4.78, 5) is 24.1. The van der Waals surface area contributed by atoms with E-state index >= 15 is 0 Å². The van der Waals surface area contributed by atoms with Crippen molar-refractivity contribution in [2.45, 2.75) is 13.5 Å². The van der Waals surface area contributed by atoms with Crippen LogP contribution >= 0.6 is 23.2 Å². The van der Waals surface area contributed by atoms with Gasteiger partial charge < -0.3 is 19.9 Å². The first-order valence-electron chi connectivity index (χ1n) is 10.0. The third-order valence-corrected chi connectivity index (χ3v) is 4.95. The summed E-state index contributed by atoms with van der Waals surface area (Å²) in [5.74, 6) is -1.17. The Hall–Kier alpha value is -3.48. The van der Waals surface area contributed by atoms with Gasteiger partial charge in [0.2, 0.25) is 0 Å². The number of aliphatic carboxylic acids is 1.